The van der Waals surface area contributed by atoms with E-state index in [4.69, 9.17) is 0 Å². The lowest BCUT2D eigenvalue weighted by atomic mass is 10.1. The van der Waals surface area contributed by atoms with Crippen LogP contribution in [-0.2, 0) is 11.2 Å². The largest absolute Gasteiger partial charge is 0.356 e. The van der Waals surface area contributed by atoms with Crippen LogP contribution in [0.15, 0.2) is 42.7 Å². The van der Waals surface area contributed by atoms with Crippen molar-refractivity contribution in [2.45, 2.75) is 32.2 Å². The molecule has 1 N–H and O–H groups in total. The lowest BCUT2D eigenvalue weighted by molar-refractivity contribution is -0.121. The Balaban J connectivity index is 1.63. The number of aromatic nitrogens is 3. The second kappa shape index (κ2) is 7.43. The molecule has 1 aromatic heterocycles. The van der Waals surface area contributed by atoms with E-state index in [9.17, 15) is 4.79 Å². The molecule has 5 nitrogen and oxygen atoms in total. The Kier molecular flexibility index (Phi) is 5.29. The van der Waals surface area contributed by atoms with Crippen LogP contribution in [0.5, 0.6) is 0 Å². The molecule has 0 aliphatic carbocycles. The normalized spacial score (nSPS) is 12.1. The monoisotopic (exact) mass is 272 g/mol. The summed E-state index contributed by atoms with van der Waals surface area (Å²) in [5.74, 6) is 0.0906. The highest BCUT2D eigenvalue weighted by atomic mass is 16.1. The molecule has 1 aromatic carbocycles. The molecule has 5 heteroatoms. The van der Waals surface area contributed by atoms with E-state index < -0.39 is 0 Å². The minimum Gasteiger partial charge on any atom is -0.356 e. The molecule has 2 rings (SSSR count). The molecule has 0 fully saturated rings. The second-order valence-electron chi connectivity index (χ2n) is 4.86. The number of carbonyl (C=O) groups is 1. The molecular formula is C15H20N4O. The highest BCUT2D eigenvalue weighted by Gasteiger charge is 2.08. The zero-order valence-corrected chi connectivity index (χ0v) is 11.7. The summed E-state index contributed by atoms with van der Waals surface area (Å²) in [6, 6.07) is 10.3. The van der Waals surface area contributed by atoms with E-state index in [-0.39, 0.29) is 11.9 Å². The molecule has 1 atom stereocenters. The highest BCUT2D eigenvalue weighted by molar-refractivity contribution is 5.75. The van der Waals surface area contributed by atoms with E-state index in [0.717, 1.165) is 12.8 Å². The van der Waals surface area contributed by atoms with Crippen LogP contribution in [0.4, 0.5) is 0 Å². The smallest absolute Gasteiger partial charge is 0.220 e. The predicted molar refractivity (Wildman–Crippen MR) is 77.1 cm³/mol. The van der Waals surface area contributed by atoms with Crippen molar-refractivity contribution < 1.29 is 4.79 Å². The molecule has 2 aromatic rings. The summed E-state index contributed by atoms with van der Waals surface area (Å²) in [6.07, 6.45) is 5.61. The average Bonchev–Trinajstić information content (AvgIpc) is 3.00. The lowest BCUT2D eigenvalue weighted by Crippen LogP contribution is -2.26. The van der Waals surface area contributed by atoms with E-state index in [1.807, 2.05) is 31.3 Å². The Bertz CT molecular complexity index is 510. The standard InChI is InChI=1S/C15H20N4O/c1-13(19-12-11-17-18-19)7-8-15(20)16-10-9-14-5-3-2-4-6-14/h2-6,11-13H,7-10H2,1H3,(H,16,20). The van der Waals surface area contributed by atoms with Gasteiger partial charge in [0.1, 0.15) is 0 Å². The van der Waals surface area contributed by atoms with Crippen LogP contribution in [0.3, 0.4) is 0 Å². The quantitative estimate of drug-likeness (QED) is 0.838. The summed E-state index contributed by atoms with van der Waals surface area (Å²) < 4.78 is 1.78. The van der Waals surface area contributed by atoms with Gasteiger partial charge in [0.15, 0.2) is 0 Å². The van der Waals surface area contributed by atoms with Crippen molar-refractivity contribution in [3.8, 4) is 0 Å². The van der Waals surface area contributed by atoms with Gasteiger partial charge in [-0.3, -0.25) is 4.79 Å². The van der Waals surface area contributed by atoms with E-state index in [0.29, 0.717) is 13.0 Å². The van der Waals surface area contributed by atoms with Crippen molar-refractivity contribution in [1.82, 2.24) is 20.3 Å². The fraction of sp³-hybridized carbons (Fsp3) is 0.400. The number of amides is 1. The number of nitrogens with one attached hydrogen (secondary N) is 1. The molecule has 1 unspecified atom stereocenters. The molecule has 106 valence electrons. The molecular weight excluding hydrogens is 252 g/mol. The molecule has 0 aliphatic heterocycles. The number of benzene rings is 1. The third kappa shape index (κ3) is 4.50. The Labute approximate surface area is 119 Å². The molecule has 0 saturated carbocycles. The van der Waals surface area contributed by atoms with Crippen molar-refractivity contribution >= 4 is 5.91 Å². The van der Waals surface area contributed by atoms with Crippen molar-refractivity contribution in [2.24, 2.45) is 0 Å². The molecule has 1 heterocycles. The van der Waals surface area contributed by atoms with Crippen LogP contribution in [-0.4, -0.2) is 27.4 Å². The summed E-state index contributed by atoms with van der Waals surface area (Å²) in [7, 11) is 0. The molecule has 0 bridgehead atoms. The van der Waals surface area contributed by atoms with Gasteiger partial charge in [0, 0.05) is 19.2 Å². The number of hydrogen-bond acceptors (Lipinski definition) is 3. The van der Waals surface area contributed by atoms with Gasteiger partial charge in [0.25, 0.3) is 0 Å². The van der Waals surface area contributed by atoms with Crippen LogP contribution in [0.2, 0.25) is 0 Å². The molecule has 0 radical (unpaired) electrons. The van der Waals surface area contributed by atoms with Gasteiger partial charge in [-0.2, -0.15) is 0 Å². The van der Waals surface area contributed by atoms with E-state index >= 15 is 0 Å². The molecule has 20 heavy (non-hydrogen) atoms. The van der Waals surface area contributed by atoms with Crippen LogP contribution in [0.1, 0.15) is 31.4 Å². The average molecular weight is 272 g/mol. The number of rotatable bonds is 7. The third-order valence-corrected chi connectivity index (χ3v) is 3.26. The lowest BCUT2D eigenvalue weighted by Gasteiger charge is -2.11. The Morgan fingerprint density at radius 1 is 1.35 bits per heavy atom. The van der Waals surface area contributed by atoms with Crippen molar-refractivity contribution in [3.05, 3.63) is 48.3 Å². The zero-order valence-electron chi connectivity index (χ0n) is 11.7. The van der Waals surface area contributed by atoms with Gasteiger partial charge >= 0.3 is 0 Å². The highest BCUT2D eigenvalue weighted by Crippen LogP contribution is 2.10. The molecule has 1 amide bonds. The Morgan fingerprint density at radius 2 is 2.15 bits per heavy atom. The summed E-state index contributed by atoms with van der Waals surface area (Å²) >= 11 is 0. The number of nitrogens with zero attached hydrogens (tertiary/aromatic N) is 3. The summed E-state index contributed by atoms with van der Waals surface area (Å²) in [5.41, 5.74) is 1.24. The SMILES string of the molecule is CC(CCC(=O)NCCc1ccccc1)n1ccnn1. The van der Waals surface area contributed by atoms with Gasteiger partial charge < -0.3 is 5.32 Å². The van der Waals surface area contributed by atoms with Crippen molar-refractivity contribution in [3.63, 3.8) is 0 Å². The first-order valence-corrected chi connectivity index (χ1v) is 6.92. The molecule has 0 spiro atoms. The van der Waals surface area contributed by atoms with Gasteiger partial charge in [0.05, 0.1) is 12.2 Å². The van der Waals surface area contributed by atoms with Gasteiger partial charge in [0.2, 0.25) is 5.91 Å². The third-order valence-electron chi connectivity index (χ3n) is 3.26. The molecule has 0 aliphatic rings. The maximum Gasteiger partial charge on any atom is 0.220 e. The van der Waals surface area contributed by atoms with Gasteiger partial charge in [-0.1, -0.05) is 35.5 Å². The van der Waals surface area contributed by atoms with Crippen LogP contribution in [0.25, 0.3) is 0 Å². The van der Waals surface area contributed by atoms with Gasteiger partial charge in [-0.25, -0.2) is 4.68 Å². The predicted octanol–water partition coefficient (Wildman–Crippen LogP) is 1.98. The first kappa shape index (κ1) is 14.2. The Hall–Kier alpha value is -2.17. The molecule has 0 saturated heterocycles. The maximum atomic E-state index is 11.8. The first-order chi connectivity index (χ1) is 9.75. The summed E-state index contributed by atoms with van der Waals surface area (Å²) in [5, 5.41) is 10.6. The van der Waals surface area contributed by atoms with Crippen LogP contribution < -0.4 is 5.32 Å². The van der Waals surface area contributed by atoms with E-state index in [1.54, 1.807) is 10.9 Å². The fourth-order valence-corrected chi connectivity index (χ4v) is 2.00. The minimum absolute atomic E-state index is 0.0906. The van der Waals surface area contributed by atoms with E-state index in [1.165, 1.54) is 5.56 Å². The first-order valence-electron chi connectivity index (χ1n) is 6.92. The van der Waals surface area contributed by atoms with Gasteiger partial charge in [-0.15, -0.1) is 5.10 Å². The number of hydrogen-bond donors (Lipinski definition) is 1. The second-order valence-corrected chi connectivity index (χ2v) is 4.86. The van der Waals surface area contributed by atoms with E-state index in [2.05, 4.69) is 27.8 Å². The topological polar surface area (TPSA) is 59.8 Å². The van der Waals surface area contributed by atoms with Gasteiger partial charge in [-0.05, 0) is 25.3 Å². The Morgan fingerprint density at radius 3 is 2.85 bits per heavy atom. The minimum atomic E-state index is 0.0906. The van der Waals surface area contributed by atoms with Crippen LogP contribution in [0, 0.1) is 0 Å². The van der Waals surface area contributed by atoms with Crippen LogP contribution >= 0.6 is 0 Å². The fourth-order valence-electron chi connectivity index (χ4n) is 2.00. The summed E-state index contributed by atoms with van der Waals surface area (Å²) in [4.78, 5) is 11.8. The summed E-state index contributed by atoms with van der Waals surface area (Å²) in [6.45, 7) is 2.71. The number of carbonyl (C=O) groups excluding carboxylic acids is 1. The van der Waals surface area contributed by atoms with Crippen molar-refractivity contribution in [1.29, 1.82) is 0 Å². The maximum absolute atomic E-state index is 11.8. The van der Waals surface area contributed by atoms with Crippen molar-refractivity contribution in [2.75, 3.05) is 6.54 Å². The zero-order chi connectivity index (χ0) is 14.2.